The normalized spacial score (nSPS) is 12.0. The molecule has 4 nitrogen and oxygen atoms in total. The number of benzene rings is 1. The summed E-state index contributed by atoms with van der Waals surface area (Å²) in [5, 5.41) is 18.1. The first-order valence-electron chi connectivity index (χ1n) is 6.54. The van der Waals surface area contributed by atoms with Gasteiger partial charge < -0.3 is 10.0 Å². The highest BCUT2D eigenvalue weighted by molar-refractivity contribution is 7.99. The van der Waals surface area contributed by atoms with Gasteiger partial charge in [-0.05, 0) is 39.0 Å². The largest absolute Gasteiger partial charge is 0.392 e. The number of nitrogens with zero attached hydrogens (tertiary/aromatic N) is 2. The third-order valence-corrected chi connectivity index (χ3v) is 3.59. The van der Waals surface area contributed by atoms with Gasteiger partial charge in [-0.25, -0.2) is 0 Å². The van der Waals surface area contributed by atoms with Crippen LogP contribution in [0, 0.1) is 11.3 Å². The van der Waals surface area contributed by atoms with Gasteiger partial charge in [0.25, 0.3) is 5.91 Å². The summed E-state index contributed by atoms with van der Waals surface area (Å²) in [6.07, 6.45) is -0.558. The molecule has 5 heteroatoms. The smallest absolute Gasteiger partial charge is 0.254 e. The minimum atomic E-state index is -0.558. The first kappa shape index (κ1) is 16.5. The van der Waals surface area contributed by atoms with E-state index in [1.165, 1.54) is 11.8 Å². The molecule has 1 N–H and O–H groups in total. The van der Waals surface area contributed by atoms with Gasteiger partial charge in [-0.3, -0.25) is 4.79 Å². The highest BCUT2D eigenvalue weighted by Gasteiger charge is 2.20. The summed E-state index contributed by atoms with van der Waals surface area (Å²) in [5.41, 5.74) is 0.585. The van der Waals surface area contributed by atoms with Gasteiger partial charge in [0.05, 0.1) is 17.9 Å². The zero-order valence-electron chi connectivity index (χ0n) is 12.0. The van der Waals surface area contributed by atoms with Gasteiger partial charge in [0, 0.05) is 23.0 Å². The summed E-state index contributed by atoms with van der Waals surface area (Å²) >= 11 is 1.40. The van der Waals surface area contributed by atoms with Crippen LogP contribution in [0.25, 0.3) is 0 Å². The van der Waals surface area contributed by atoms with Gasteiger partial charge >= 0.3 is 0 Å². The molecular formula is C15H20N2O2S. The number of carbonyl (C=O) groups excluding carboxylic acids is 1. The molecule has 1 unspecified atom stereocenters. The number of aliphatic hydroxyl groups excluding tert-OH is 1. The van der Waals surface area contributed by atoms with Crippen molar-refractivity contribution in [2.75, 3.05) is 12.3 Å². The van der Waals surface area contributed by atoms with Crippen molar-refractivity contribution in [3.8, 4) is 6.07 Å². The average molecular weight is 292 g/mol. The van der Waals surface area contributed by atoms with Crippen LogP contribution in [0.3, 0.4) is 0 Å². The molecule has 0 spiro atoms. The molecule has 0 heterocycles. The number of rotatable bonds is 6. The van der Waals surface area contributed by atoms with Gasteiger partial charge in [0.1, 0.15) is 0 Å². The summed E-state index contributed by atoms with van der Waals surface area (Å²) in [6, 6.07) is 9.34. The van der Waals surface area contributed by atoms with Crippen molar-refractivity contribution in [1.29, 1.82) is 5.26 Å². The van der Waals surface area contributed by atoms with E-state index in [2.05, 4.69) is 6.07 Å². The fourth-order valence-corrected chi connectivity index (χ4v) is 2.43. The summed E-state index contributed by atoms with van der Waals surface area (Å²) in [5.74, 6) is 0.263. The van der Waals surface area contributed by atoms with Crippen LogP contribution in [0.4, 0.5) is 0 Å². The first-order chi connectivity index (χ1) is 9.45. The number of amides is 1. The molecule has 1 atom stereocenters. The molecule has 1 aromatic carbocycles. The number of thioether (sulfide) groups is 1. The summed E-state index contributed by atoms with van der Waals surface area (Å²) in [4.78, 5) is 15.0. The number of hydrogen-bond donors (Lipinski definition) is 1. The standard InChI is InChI=1S/C15H20N2O2S/c1-11(2)17(10-12(3)18)15(19)13-5-4-6-14(9-13)20-8-7-16/h4-6,9,11-12,18H,8,10H2,1-3H3. The van der Waals surface area contributed by atoms with Crippen LogP contribution in [-0.2, 0) is 0 Å². The molecular weight excluding hydrogens is 272 g/mol. The maximum atomic E-state index is 12.5. The van der Waals surface area contributed by atoms with Crippen molar-refractivity contribution >= 4 is 17.7 Å². The van der Waals surface area contributed by atoms with Crippen molar-refractivity contribution in [3.63, 3.8) is 0 Å². The van der Waals surface area contributed by atoms with Crippen LogP contribution < -0.4 is 0 Å². The minimum absolute atomic E-state index is 0.0208. The highest BCUT2D eigenvalue weighted by atomic mass is 32.2. The van der Waals surface area contributed by atoms with Crippen LogP contribution in [0.15, 0.2) is 29.2 Å². The van der Waals surface area contributed by atoms with Crippen LogP contribution >= 0.6 is 11.8 Å². The molecule has 0 aromatic heterocycles. The molecule has 0 saturated carbocycles. The second-order valence-electron chi connectivity index (χ2n) is 4.87. The van der Waals surface area contributed by atoms with Gasteiger partial charge in [-0.2, -0.15) is 5.26 Å². The van der Waals surface area contributed by atoms with Gasteiger partial charge in [-0.15, -0.1) is 11.8 Å². The molecule has 0 fully saturated rings. The van der Waals surface area contributed by atoms with Crippen molar-refractivity contribution in [1.82, 2.24) is 4.90 Å². The molecule has 20 heavy (non-hydrogen) atoms. The molecule has 0 radical (unpaired) electrons. The fourth-order valence-electron chi connectivity index (χ4n) is 1.81. The molecule has 0 aliphatic carbocycles. The van der Waals surface area contributed by atoms with E-state index in [1.54, 1.807) is 24.0 Å². The Bertz CT molecular complexity index is 495. The Morgan fingerprint density at radius 2 is 2.15 bits per heavy atom. The van der Waals surface area contributed by atoms with E-state index in [1.807, 2.05) is 26.0 Å². The van der Waals surface area contributed by atoms with E-state index in [-0.39, 0.29) is 11.9 Å². The van der Waals surface area contributed by atoms with Crippen LogP contribution in [0.2, 0.25) is 0 Å². The average Bonchev–Trinajstić information content (AvgIpc) is 2.41. The van der Waals surface area contributed by atoms with Crippen molar-refractivity contribution < 1.29 is 9.90 Å². The molecule has 0 bridgehead atoms. The molecule has 0 aliphatic heterocycles. The van der Waals surface area contributed by atoms with E-state index in [0.717, 1.165) is 4.90 Å². The zero-order valence-corrected chi connectivity index (χ0v) is 12.9. The minimum Gasteiger partial charge on any atom is -0.392 e. The maximum Gasteiger partial charge on any atom is 0.254 e. The lowest BCUT2D eigenvalue weighted by Crippen LogP contribution is -2.41. The van der Waals surface area contributed by atoms with Gasteiger partial charge in [0.15, 0.2) is 0 Å². The van der Waals surface area contributed by atoms with E-state index >= 15 is 0 Å². The number of hydrogen-bond acceptors (Lipinski definition) is 4. The lowest BCUT2D eigenvalue weighted by atomic mass is 10.1. The predicted molar refractivity (Wildman–Crippen MR) is 80.6 cm³/mol. The molecule has 0 saturated heterocycles. The van der Waals surface area contributed by atoms with E-state index < -0.39 is 6.10 Å². The number of carbonyl (C=O) groups is 1. The van der Waals surface area contributed by atoms with Crippen molar-refractivity contribution in [3.05, 3.63) is 29.8 Å². The fraction of sp³-hybridized carbons (Fsp3) is 0.467. The molecule has 1 amide bonds. The Balaban J connectivity index is 2.91. The lowest BCUT2D eigenvalue weighted by Gasteiger charge is -2.28. The Kier molecular flexibility index (Phi) is 6.56. The molecule has 1 aromatic rings. The molecule has 1 rings (SSSR count). The van der Waals surface area contributed by atoms with Crippen molar-refractivity contribution in [2.45, 2.75) is 37.8 Å². The van der Waals surface area contributed by atoms with Crippen LogP contribution in [0.1, 0.15) is 31.1 Å². The van der Waals surface area contributed by atoms with E-state index in [0.29, 0.717) is 17.9 Å². The Morgan fingerprint density at radius 1 is 1.45 bits per heavy atom. The summed E-state index contributed by atoms with van der Waals surface area (Å²) in [7, 11) is 0. The summed E-state index contributed by atoms with van der Waals surface area (Å²) < 4.78 is 0. The molecule has 108 valence electrons. The van der Waals surface area contributed by atoms with Gasteiger partial charge in [-0.1, -0.05) is 6.07 Å². The van der Waals surface area contributed by atoms with Crippen molar-refractivity contribution in [2.24, 2.45) is 0 Å². The third kappa shape index (κ3) is 4.87. The third-order valence-electron chi connectivity index (χ3n) is 2.73. The Morgan fingerprint density at radius 3 is 2.70 bits per heavy atom. The Hall–Kier alpha value is -1.51. The predicted octanol–water partition coefficient (Wildman–Crippen LogP) is 2.53. The SMILES string of the molecule is CC(O)CN(C(=O)c1cccc(SCC#N)c1)C(C)C. The van der Waals surface area contributed by atoms with E-state index in [4.69, 9.17) is 5.26 Å². The van der Waals surface area contributed by atoms with Crippen LogP contribution in [-0.4, -0.2) is 40.4 Å². The summed E-state index contributed by atoms with van der Waals surface area (Å²) in [6.45, 7) is 5.83. The topological polar surface area (TPSA) is 64.3 Å². The number of aliphatic hydroxyl groups is 1. The highest BCUT2D eigenvalue weighted by Crippen LogP contribution is 2.20. The monoisotopic (exact) mass is 292 g/mol. The number of nitriles is 1. The van der Waals surface area contributed by atoms with E-state index in [9.17, 15) is 9.90 Å². The zero-order chi connectivity index (χ0) is 15.1. The van der Waals surface area contributed by atoms with Gasteiger partial charge in [0.2, 0.25) is 0 Å². The first-order valence-corrected chi connectivity index (χ1v) is 7.53. The Labute approximate surface area is 124 Å². The van der Waals surface area contributed by atoms with Crippen LogP contribution in [0.5, 0.6) is 0 Å². The second-order valence-corrected chi connectivity index (χ2v) is 5.92. The maximum absolute atomic E-state index is 12.5. The lowest BCUT2D eigenvalue weighted by molar-refractivity contribution is 0.0578. The second kappa shape index (κ2) is 7.93. The molecule has 0 aliphatic rings. The quantitative estimate of drug-likeness (QED) is 0.818.